The Hall–Kier alpha value is -3.02. The number of benzene rings is 2. The smallest absolute Gasteiger partial charge is 0.258 e. The van der Waals surface area contributed by atoms with Gasteiger partial charge >= 0.3 is 0 Å². The number of nitrogens with one attached hydrogen (secondary N) is 1. The zero-order valence-corrected chi connectivity index (χ0v) is 16.5. The first-order valence-electron chi connectivity index (χ1n) is 9.45. The largest absolute Gasteiger partial charge is 0.496 e. The molecule has 2 amide bonds. The number of rotatable bonds is 7. The van der Waals surface area contributed by atoms with Crippen molar-refractivity contribution in [3.63, 3.8) is 0 Å². The van der Waals surface area contributed by atoms with Crippen LogP contribution in [0.4, 0.5) is 5.69 Å². The van der Waals surface area contributed by atoms with E-state index in [1.807, 2.05) is 44.2 Å². The van der Waals surface area contributed by atoms with Crippen LogP contribution < -0.4 is 19.7 Å². The number of carbonyl (C=O) groups excluding carboxylic acids is 2. The van der Waals surface area contributed by atoms with Gasteiger partial charge in [-0.3, -0.25) is 9.59 Å². The third-order valence-electron chi connectivity index (χ3n) is 4.82. The van der Waals surface area contributed by atoms with Crippen LogP contribution in [0.15, 0.2) is 42.5 Å². The lowest BCUT2D eigenvalue weighted by molar-refractivity contribution is -0.123. The number of hydrogen-bond acceptors (Lipinski definition) is 4. The van der Waals surface area contributed by atoms with Gasteiger partial charge in [-0.15, -0.1) is 0 Å². The summed E-state index contributed by atoms with van der Waals surface area (Å²) in [4.78, 5) is 25.8. The van der Waals surface area contributed by atoms with Crippen LogP contribution >= 0.6 is 0 Å². The lowest BCUT2D eigenvalue weighted by Gasteiger charge is -2.18. The van der Waals surface area contributed by atoms with Crippen molar-refractivity contribution in [1.82, 2.24) is 5.32 Å². The molecular formula is C22H26N2O4. The van der Waals surface area contributed by atoms with Gasteiger partial charge in [0, 0.05) is 24.2 Å². The van der Waals surface area contributed by atoms with Gasteiger partial charge in [-0.1, -0.05) is 17.7 Å². The highest BCUT2D eigenvalue weighted by Crippen LogP contribution is 2.26. The summed E-state index contributed by atoms with van der Waals surface area (Å²) in [6.07, 6.45) is 1.49. The number of aryl methyl sites for hydroxylation is 1. The minimum atomic E-state index is -0.213. The molecule has 1 aliphatic heterocycles. The Morgan fingerprint density at radius 2 is 1.96 bits per heavy atom. The molecule has 1 aliphatic rings. The Balaban J connectivity index is 1.54. The second kappa shape index (κ2) is 8.78. The summed E-state index contributed by atoms with van der Waals surface area (Å²) in [6, 6.07) is 12.9. The third kappa shape index (κ3) is 4.63. The molecule has 0 unspecified atom stereocenters. The Morgan fingerprint density at radius 3 is 2.61 bits per heavy atom. The van der Waals surface area contributed by atoms with Gasteiger partial charge in [0.15, 0.2) is 6.61 Å². The molecule has 0 aromatic heterocycles. The van der Waals surface area contributed by atoms with E-state index in [-0.39, 0.29) is 24.5 Å². The van der Waals surface area contributed by atoms with Gasteiger partial charge in [0.2, 0.25) is 5.91 Å². The highest BCUT2D eigenvalue weighted by Gasteiger charge is 2.21. The Labute approximate surface area is 165 Å². The maximum absolute atomic E-state index is 12.3. The molecule has 3 rings (SSSR count). The Bertz CT molecular complexity index is 848. The van der Waals surface area contributed by atoms with Crippen LogP contribution in [0.3, 0.4) is 0 Å². The van der Waals surface area contributed by atoms with Crippen molar-refractivity contribution in [2.45, 2.75) is 32.7 Å². The van der Waals surface area contributed by atoms with Crippen LogP contribution in [-0.2, 0) is 9.59 Å². The van der Waals surface area contributed by atoms with Crippen LogP contribution in [0.25, 0.3) is 0 Å². The quantitative estimate of drug-likeness (QED) is 0.797. The van der Waals surface area contributed by atoms with E-state index in [1.165, 1.54) is 0 Å². The van der Waals surface area contributed by atoms with Gasteiger partial charge in [0.05, 0.1) is 13.2 Å². The van der Waals surface area contributed by atoms with E-state index in [2.05, 4.69) is 5.32 Å². The van der Waals surface area contributed by atoms with E-state index >= 15 is 0 Å². The summed E-state index contributed by atoms with van der Waals surface area (Å²) in [5.41, 5.74) is 2.89. The number of amides is 2. The highest BCUT2D eigenvalue weighted by atomic mass is 16.5. The molecule has 0 saturated carbocycles. The molecular weight excluding hydrogens is 356 g/mol. The monoisotopic (exact) mass is 382 g/mol. The molecule has 0 spiro atoms. The first kappa shape index (κ1) is 19.7. The van der Waals surface area contributed by atoms with Gasteiger partial charge in [-0.2, -0.15) is 0 Å². The Morgan fingerprint density at radius 1 is 1.21 bits per heavy atom. The first-order valence-corrected chi connectivity index (χ1v) is 9.45. The zero-order valence-electron chi connectivity index (χ0n) is 16.5. The standard InChI is InChI=1S/C22H26N2O4/c1-15-6-11-20(27-3)19(13-15)16(2)23-21(25)14-28-18-9-7-17(8-10-18)24-12-4-5-22(24)26/h6-11,13,16H,4-5,12,14H2,1-3H3,(H,23,25)/t16-/m1/s1. The summed E-state index contributed by atoms with van der Waals surface area (Å²) in [5, 5.41) is 2.93. The predicted molar refractivity (Wildman–Crippen MR) is 108 cm³/mol. The molecule has 0 aliphatic carbocycles. The number of carbonyl (C=O) groups is 2. The molecule has 1 N–H and O–H groups in total. The maximum atomic E-state index is 12.3. The SMILES string of the molecule is COc1ccc(C)cc1[C@@H](C)NC(=O)COc1ccc(N2CCCC2=O)cc1. The third-order valence-corrected chi connectivity index (χ3v) is 4.82. The van der Waals surface area contributed by atoms with Gasteiger partial charge in [0.25, 0.3) is 5.91 Å². The van der Waals surface area contributed by atoms with Crippen LogP contribution in [0.2, 0.25) is 0 Å². The predicted octanol–water partition coefficient (Wildman–Crippen LogP) is 3.39. The first-order chi connectivity index (χ1) is 13.5. The molecule has 148 valence electrons. The van der Waals surface area contributed by atoms with Crippen molar-refractivity contribution in [3.8, 4) is 11.5 Å². The lowest BCUT2D eigenvalue weighted by atomic mass is 10.0. The van der Waals surface area contributed by atoms with Gasteiger partial charge in [-0.25, -0.2) is 0 Å². The topological polar surface area (TPSA) is 67.9 Å². The fourth-order valence-electron chi connectivity index (χ4n) is 3.35. The summed E-state index contributed by atoms with van der Waals surface area (Å²) in [7, 11) is 1.62. The molecule has 28 heavy (non-hydrogen) atoms. The molecule has 1 atom stereocenters. The van der Waals surface area contributed by atoms with Crippen molar-refractivity contribution < 1.29 is 19.1 Å². The molecule has 1 fully saturated rings. The average Bonchev–Trinajstić information content (AvgIpc) is 3.12. The maximum Gasteiger partial charge on any atom is 0.258 e. The van der Waals surface area contributed by atoms with Crippen LogP contribution in [0, 0.1) is 6.92 Å². The van der Waals surface area contributed by atoms with Crippen LogP contribution in [0.1, 0.15) is 36.9 Å². The average molecular weight is 382 g/mol. The number of nitrogens with zero attached hydrogens (tertiary/aromatic N) is 1. The molecule has 0 radical (unpaired) electrons. The summed E-state index contributed by atoms with van der Waals surface area (Å²) >= 11 is 0. The fraction of sp³-hybridized carbons (Fsp3) is 0.364. The lowest BCUT2D eigenvalue weighted by Crippen LogP contribution is -2.31. The number of anilines is 1. The fourth-order valence-corrected chi connectivity index (χ4v) is 3.35. The van der Waals surface area contributed by atoms with E-state index in [4.69, 9.17) is 9.47 Å². The summed E-state index contributed by atoms with van der Waals surface area (Å²) in [6.45, 7) is 4.58. The number of hydrogen-bond donors (Lipinski definition) is 1. The zero-order chi connectivity index (χ0) is 20.1. The van der Waals surface area contributed by atoms with Gasteiger partial charge < -0.3 is 19.7 Å². The number of ether oxygens (including phenoxy) is 2. The molecule has 6 nitrogen and oxygen atoms in total. The second-order valence-electron chi connectivity index (χ2n) is 6.97. The van der Waals surface area contributed by atoms with Crippen molar-refractivity contribution in [3.05, 3.63) is 53.6 Å². The minimum Gasteiger partial charge on any atom is -0.496 e. The van der Waals surface area contributed by atoms with Gasteiger partial charge in [0.1, 0.15) is 11.5 Å². The van der Waals surface area contributed by atoms with E-state index in [1.54, 1.807) is 24.1 Å². The van der Waals surface area contributed by atoms with E-state index in [9.17, 15) is 9.59 Å². The summed E-state index contributed by atoms with van der Waals surface area (Å²) in [5.74, 6) is 1.26. The van der Waals surface area contributed by atoms with Crippen molar-refractivity contribution in [2.75, 3.05) is 25.2 Å². The summed E-state index contributed by atoms with van der Waals surface area (Å²) < 4.78 is 11.0. The van der Waals surface area contributed by atoms with E-state index in [0.29, 0.717) is 12.2 Å². The van der Waals surface area contributed by atoms with Crippen molar-refractivity contribution >= 4 is 17.5 Å². The second-order valence-corrected chi connectivity index (χ2v) is 6.97. The van der Waals surface area contributed by atoms with E-state index in [0.717, 1.165) is 35.5 Å². The molecule has 2 aromatic rings. The minimum absolute atomic E-state index is 0.0829. The molecule has 0 bridgehead atoms. The molecule has 6 heteroatoms. The highest BCUT2D eigenvalue weighted by molar-refractivity contribution is 5.95. The van der Waals surface area contributed by atoms with E-state index < -0.39 is 0 Å². The van der Waals surface area contributed by atoms with Gasteiger partial charge in [-0.05, 0) is 50.6 Å². The normalized spacial score (nSPS) is 14.7. The molecule has 1 saturated heterocycles. The van der Waals surface area contributed by atoms with Crippen LogP contribution in [-0.4, -0.2) is 32.1 Å². The Kier molecular flexibility index (Phi) is 6.19. The van der Waals surface area contributed by atoms with Crippen molar-refractivity contribution in [2.24, 2.45) is 0 Å². The van der Waals surface area contributed by atoms with Crippen molar-refractivity contribution in [1.29, 1.82) is 0 Å². The molecule has 2 aromatic carbocycles. The number of methoxy groups -OCH3 is 1. The molecule has 1 heterocycles. The van der Waals surface area contributed by atoms with Crippen LogP contribution in [0.5, 0.6) is 11.5 Å².